The summed E-state index contributed by atoms with van der Waals surface area (Å²) in [6.07, 6.45) is 1.24. The van der Waals surface area contributed by atoms with Gasteiger partial charge in [0.05, 0.1) is 0 Å². The first-order valence-corrected chi connectivity index (χ1v) is 10.8. The summed E-state index contributed by atoms with van der Waals surface area (Å²) < 4.78 is 5.75. The third-order valence-electron chi connectivity index (χ3n) is 5.13. The molecule has 0 radical (unpaired) electrons. The van der Waals surface area contributed by atoms with Crippen molar-refractivity contribution >= 4 is 11.8 Å². The van der Waals surface area contributed by atoms with Gasteiger partial charge in [-0.15, -0.1) is 0 Å². The van der Waals surface area contributed by atoms with Crippen molar-refractivity contribution < 1.29 is 14.3 Å². The van der Waals surface area contributed by atoms with E-state index in [1.807, 2.05) is 68.4 Å². The van der Waals surface area contributed by atoms with E-state index in [4.69, 9.17) is 4.74 Å². The Kier molecular flexibility index (Phi) is 9.39. The number of carbonyl (C=O) groups is 2. The zero-order valence-electron chi connectivity index (χ0n) is 18.6. The lowest BCUT2D eigenvalue weighted by Gasteiger charge is -2.30. The number of rotatable bonds is 11. The highest BCUT2D eigenvalue weighted by molar-refractivity contribution is 5.88. The van der Waals surface area contributed by atoms with Crippen LogP contribution in [0.15, 0.2) is 54.6 Å². The Morgan fingerprint density at radius 1 is 1.00 bits per heavy atom. The fourth-order valence-corrected chi connectivity index (χ4v) is 3.36. The number of hydrogen-bond acceptors (Lipinski definition) is 3. The van der Waals surface area contributed by atoms with E-state index in [9.17, 15) is 9.59 Å². The smallest absolute Gasteiger partial charge is 0.261 e. The van der Waals surface area contributed by atoms with E-state index in [0.29, 0.717) is 37.6 Å². The largest absolute Gasteiger partial charge is 0.484 e. The second-order valence-corrected chi connectivity index (χ2v) is 7.65. The summed E-state index contributed by atoms with van der Waals surface area (Å²) in [5.41, 5.74) is 2.35. The lowest BCUT2D eigenvalue weighted by molar-refractivity contribution is -0.142. The number of amides is 2. The van der Waals surface area contributed by atoms with E-state index in [2.05, 4.69) is 19.2 Å². The van der Waals surface area contributed by atoms with Crippen LogP contribution in [0.3, 0.4) is 0 Å². The van der Waals surface area contributed by atoms with Crippen LogP contribution in [0.2, 0.25) is 0 Å². The first-order valence-electron chi connectivity index (χ1n) is 10.8. The molecule has 0 heterocycles. The normalized spacial score (nSPS) is 11.8. The van der Waals surface area contributed by atoms with Crippen molar-refractivity contribution in [2.24, 2.45) is 0 Å². The number of nitrogens with one attached hydrogen (secondary N) is 1. The molecule has 0 aromatic heterocycles. The van der Waals surface area contributed by atoms with Gasteiger partial charge in [0.15, 0.2) is 6.61 Å². The first-order chi connectivity index (χ1) is 14.5. The van der Waals surface area contributed by atoms with Gasteiger partial charge >= 0.3 is 0 Å². The molecular weight excluding hydrogens is 376 g/mol. The summed E-state index contributed by atoms with van der Waals surface area (Å²) in [7, 11) is 0. The zero-order valence-corrected chi connectivity index (χ0v) is 18.6. The molecule has 2 aromatic rings. The van der Waals surface area contributed by atoms with Gasteiger partial charge in [-0.2, -0.15) is 0 Å². The predicted octanol–water partition coefficient (Wildman–Crippen LogP) is 4.17. The molecule has 2 aromatic carbocycles. The highest BCUT2D eigenvalue weighted by atomic mass is 16.5. The highest BCUT2D eigenvalue weighted by Gasteiger charge is 2.28. The van der Waals surface area contributed by atoms with Gasteiger partial charge in [-0.25, -0.2) is 0 Å². The Hall–Kier alpha value is -2.82. The van der Waals surface area contributed by atoms with E-state index in [1.54, 1.807) is 4.90 Å². The molecule has 1 unspecified atom stereocenters. The molecule has 0 spiro atoms. The topological polar surface area (TPSA) is 58.6 Å². The maximum Gasteiger partial charge on any atom is 0.261 e. The summed E-state index contributed by atoms with van der Waals surface area (Å²) in [4.78, 5) is 27.3. The number of hydrogen-bond donors (Lipinski definition) is 1. The molecule has 5 nitrogen and oxygen atoms in total. The van der Waals surface area contributed by atoms with Crippen LogP contribution in [0.25, 0.3) is 0 Å². The van der Waals surface area contributed by atoms with Gasteiger partial charge in [-0.05, 0) is 48.9 Å². The van der Waals surface area contributed by atoms with Crippen LogP contribution < -0.4 is 10.1 Å². The minimum Gasteiger partial charge on any atom is -0.484 e. The van der Waals surface area contributed by atoms with E-state index in [1.165, 1.54) is 5.56 Å². The average Bonchev–Trinajstić information content (AvgIpc) is 2.76. The van der Waals surface area contributed by atoms with Crippen LogP contribution in [-0.4, -0.2) is 42.5 Å². The molecule has 5 heteroatoms. The molecule has 1 N–H and O–H groups in total. The van der Waals surface area contributed by atoms with Crippen molar-refractivity contribution in [3.63, 3.8) is 0 Å². The monoisotopic (exact) mass is 410 g/mol. The van der Waals surface area contributed by atoms with Gasteiger partial charge in [0.2, 0.25) is 5.91 Å². The number of carbonyl (C=O) groups excluding carboxylic acids is 2. The number of likely N-dealkylation sites (N-methyl/N-ethyl adjacent to an activating group) is 1. The van der Waals surface area contributed by atoms with E-state index >= 15 is 0 Å². The maximum absolute atomic E-state index is 13.0. The summed E-state index contributed by atoms with van der Waals surface area (Å²) in [5, 5.41) is 2.85. The van der Waals surface area contributed by atoms with Crippen LogP contribution >= 0.6 is 0 Å². The van der Waals surface area contributed by atoms with Crippen LogP contribution in [0.1, 0.15) is 51.2 Å². The van der Waals surface area contributed by atoms with Crippen molar-refractivity contribution in [2.75, 3.05) is 19.7 Å². The molecular formula is C25H34N2O3. The third-order valence-corrected chi connectivity index (χ3v) is 5.13. The molecule has 0 aliphatic rings. The summed E-state index contributed by atoms with van der Waals surface area (Å²) in [6.45, 7) is 8.99. The predicted molar refractivity (Wildman–Crippen MR) is 121 cm³/mol. The average molecular weight is 411 g/mol. The molecule has 30 heavy (non-hydrogen) atoms. The zero-order chi connectivity index (χ0) is 21.9. The molecule has 0 aliphatic carbocycles. The second-order valence-electron chi connectivity index (χ2n) is 7.65. The van der Waals surface area contributed by atoms with Gasteiger partial charge in [-0.1, -0.05) is 63.2 Å². The summed E-state index contributed by atoms with van der Waals surface area (Å²) in [6, 6.07) is 17.3. The van der Waals surface area contributed by atoms with E-state index in [-0.39, 0.29) is 18.4 Å². The highest BCUT2D eigenvalue weighted by Crippen LogP contribution is 2.19. The maximum atomic E-state index is 13.0. The van der Waals surface area contributed by atoms with Crippen molar-refractivity contribution in [1.82, 2.24) is 10.2 Å². The summed E-state index contributed by atoms with van der Waals surface area (Å²) in [5.74, 6) is 0.790. The Bertz CT molecular complexity index is 788. The third kappa shape index (κ3) is 6.90. The van der Waals surface area contributed by atoms with Gasteiger partial charge in [0.1, 0.15) is 11.8 Å². The SMILES string of the molecule is CCNC(=O)C(CC)N(CCc1ccccc1)C(=O)COc1ccc(C(C)C)cc1. The second kappa shape index (κ2) is 12.0. The molecule has 2 rings (SSSR count). The van der Waals surface area contributed by atoms with Gasteiger partial charge in [-0.3, -0.25) is 9.59 Å². The van der Waals surface area contributed by atoms with Crippen molar-refractivity contribution in [2.45, 2.75) is 52.5 Å². The van der Waals surface area contributed by atoms with Gasteiger partial charge in [0, 0.05) is 13.1 Å². The Morgan fingerprint density at radius 2 is 1.67 bits per heavy atom. The molecule has 162 valence electrons. The molecule has 0 saturated carbocycles. The van der Waals surface area contributed by atoms with Gasteiger partial charge < -0.3 is 15.0 Å². The quantitative estimate of drug-likeness (QED) is 0.605. The molecule has 0 aliphatic heterocycles. The lowest BCUT2D eigenvalue weighted by atomic mass is 10.0. The van der Waals surface area contributed by atoms with Crippen LogP contribution in [-0.2, 0) is 16.0 Å². The van der Waals surface area contributed by atoms with Crippen LogP contribution in [0.4, 0.5) is 0 Å². The van der Waals surface area contributed by atoms with Crippen LogP contribution in [0, 0.1) is 0 Å². The fraction of sp³-hybridized carbons (Fsp3) is 0.440. The lowest BCUT2D eigenvalue weighted by Crippen LogP contribution is -2.51. The minimum absolute atomic E-state index is 0.0915. The Morgan fingerprint density at radius 3 is 2.23 bits per heavy atom. The van der Waals surface area contributed by atoms with Gasteiger partial charge in [0.25, 0.3) is 5.91 Å². The standard InChI is InChI=1S/C25H34N2O3/c1-5-23(25(29)26-6-2)27(17-16-20-10-8-7-9-11-20)24(28)18-30-22-14-12-21(13-15-22)19(3)4/h7-15,19,23H,5-6,16-18H2,1-4H3,(H,26,29). The van der Waals surface area contributed by atoms with Crippen molar-refractivity contribution in [3.8, 4) is 5.75 Å². The number of benzene rings is 2. The fourth-order valence-electron chi connectivity index (χ4n) is 3.36. The van der Waals surface area contributed by atoms with Crippen molar-refractivity contribution in [3.05, 3.63) is 65.7 Å². The van der Waals surface area contributed by atoms with E-state index in [0.717, 1.165) is 5.56 Å². The summed E-state index contributed by atoms with van der Waals surface area (Å²) >= 11 is 0. The minimum atomic E-state index is -0.506. The van der Waals surface area contributed by atoms with E-state index < -0.39 is 6.04 Å². The van der Waals surface area contributed by atoms with Crippen molar-refractivity contribution in [1.29, 1.82) is 0 Å². The number of ether oxygens (including phenoxy) is 1. The molecule has 1 atom stereocenters. The number of nitrogens with zero attached hydrogens (tertiary/aromatic N) is 1. The molecule has 2 amide bonds. The molecule has 0 bridgehead atoms. The Balaban J connectivity index is 2.08. The Labute approximate surface area is 180 Å². The first kappa shape index (κ1) is 23.5. The molecule has 0 fully saturated rings. The van der Waals surface area contributed by atoms with Crippen LogP contribution in [0.5, 0.6) is 5.75 Å². The molecule has 0 saturated heterocycles.